The summed E-state index contributed by atoms with van der Waals surface area (Å²) in [6.07, 6.45) is 1.67. The monoisotopic (exact) mass is 1100 g/mol. The minimum absolute atomic E-state index is 0. The van der Waals surface area contributed by atoms with E-state index in [0.29, 0.717) is 34.6 Å². The van der Waals surface area contributed by atoms with E-state index in [1.807, 2.05) is 11.3 Å². The zero-order chi connectivity index (χ0) is 49.3. The van der Waals surface area contributed by atoms with E-state index >= 15 is 0 Å². The third kappa shape index (κ3) is 8.53. The summed E-state index contributed by atoms with van der Waals surface area (Å²) in [6.45, 7) is 9.46. The van der Waals surface area contributed by atoms with Gasteiger partial charge in [-0.1, -0.05) is 114 Å². The SMILES string of the molecule is CC(C)c1cc(C(C)C)c(-n2c(-c3[c-]cc4sc5ccc6c7ccccc7ccc6c5c4c3)nc3ccccc32)c(C(C)C)c1.[2H]C([2H])([2H])c1c[c-]c(-c2cc(C([2H])([2H])[2H])[c]([Ge]([CH3])([CH3])[CH3])cn2)cc1.[Ir]. The Morgan fingerprint density at radius 2 is 1.38 bits per heavy atom. The summed E-state index contributed by atoms with van der Waals surface area (Å²) in [6, 6.07) is 48.5. The number of benzene rings is 7. The molecule has 1 radical (unpaired) electrons. The van der Waals surface area contributed by atoms with Gasteiger partial charge in [-0.3, -0.25) is 4.98 Å². The maximum Gasteiger partial charge on any atom is 0 e. The fourth-order valence-electron chi connectivity index (χ4n) is 8.83. The second-order valence-corrected chi connectivity index (χ2v) is 30.3. The van der Waals surface area contributed by atoms with Crippen molar-refractivity contribution in [3.05, 3.63) is 167 Å². The minimum Gasteiger partial charge on any atom is 0 e. The Labute approximate surface area is 408 Å². The molecule has 0 saturated carbocycles. The smallest absolute Gasteiger partial charge is 0 e. The molecule has 0 atom stereocenters. The summed E-state index contributed by atoms with van der Waals surface area (Å²) >= 11 is -0.531. The van der Waals surface area contributed by atoms with Crippen LogP contribution in [0.15, 0.2) is 128 Å². The van der Waals surface area contributed by atoms with Crippen LogP contribution >= 0.6 is 11.3 Å². The number of imidazole rings is 1. The van der Waals surface area contributed by atoms with E-state index in [1.54, 1.807) is 18.3 Å². The number of aryl methyl sites for hydroxylation is 2. The molecule has 3 heterocycles. The molecule has 325 valence electrons. The molecule has 10 aromatic rings. The summed E-state index contributed by atoms with van der Waals surface area (Å²) in [4.78, 5) is 9.73. The molecule has 0 N–H and O–H groups in total. The molecule has 10 rings (SSSR count). The van der Waals surface area contributed by atoms with Crippen molar-refractivity contribution < 1.29 is 28.3 Å². The summed E-state index contributed by atoms with van der Waals surface area (Å²) in [7, 11) is 0. The van der Waals surface area contributed by atoms with Crippen LogP contribution in [0.5, 0.6) is 0 Å². The Hall–Kier alpha value is -4.91. The number of fused-ring (bicyclic) bond motifs is 8. The van der Waals surface area contributed by atoms with Crippen LogP contribution in [0.1, 0.15) is 95.3 Å². The predicted molar refractivity (Wildman–Crippen MR) is 276 cm³/mol. The van der Waals surface area contributed by atoms with Gasteiger partial charge in [-0.15, -0.1) is 23.8 Å². The molecule has 3 nitrogen and oxygen atoms in total. The molecule has 7 aromatic carbocycles. The van der Waals surface area contributed by atoms with Crippen molar-refractivity contribution in [2.24, 2.45) is 0 Å². The molecule has 0 aliphatic heterocycles. The molecule has 0 aliphatic carbocycles. The number of para-hydroxylation sites is 2. The van der Waals surface area contributed by atoms with Crippen LogP contribution < -0.4 is 4.40 Å². The molecule has 3 aromatic heterocycles. The van der Waals surface area contributed by atoms with Crippen LogP contribution in [0.3, 0.4) is 0 Å². The maximum atomic E-state index is 7.82. The van der Waals surface area contributed by atoms with E-state index in [2.05, 4.69) is 178 Å². The first-order chi connectivity index (χ1) is 32.6. The normalized spacial score (nSPS) is 13.8. The van der Waals surface area contributed by atoms with Crippen molar-refractivity contribution in [2.75, 3.05) is 0 Å². The fraction of sp³-hybridized carbons (Fsp3) is 0.241. The first-order valence-corrected chi connectivity index (χ1v) is 30.1. The summed E-state index contributed by atoms with van der Waals surface area (Å²) in [5, 5.41) is 7.77. The van der Waals surface area contributed by atoms with Gasteiger partial charge >= 0.3 is 121 Å². The van der Waals surface area contributed by atoms with Gasteiger partial charge in [0.2, 0.25) is 0 Å². The van der Waals surface area contributed by atoms with Gasteiger partial charge < -0.3 is 4.57 Å². The van der Waals surface area contributed by atoms with Crippen LogP contribution in [-0.4, -0.2) is 27.8 Å². The zero-order valence-corrected chi connectivity index (χ0v) is 43.2. The number of nitrogens with zero attached hydrogens (tertiary/aromatic N) is 3. The average molecular weight is 1100 g/mol. The number of aromatic nitrogens is 3. The topological polar surface area (TPSA) is 30.7 Å². The number of hydrogen-bond donors (Lipinski definition) is 0. The van der Waals surface area contributed by atoms with Crippen molar-refractivity contribution in [1.82, 2.24) is 14.5 Å². The van der Waals surface area contributed by atoms with Gasteiger partial charge in [0.05, 0.1) is 16.9 Å². The van der Waals surface area contributed by atoms with Crippen LogP contribution in [0.2, 0.25) is 17.3 Å². The molecule has 0 spiro atoms. The third-order valence-electron chi connectivity index (χ3n) is 12.2. The Morgan fingerprint density at radius 1 is 0.656 bits per heavy atom. The van der Waals surface area contributed by atoms with E-state index < -0.39 is 27.0 Å². The quantitative estimate of drug-likeness (QED) is 0.0905. The van der Waals surface area contributed by atoms with Crippen LogP contribution in [-0.2, 0) is 20.1 Å². The molecule has 6 heteroatoms. The first kappa shape index (κ1) is 38.4. The largest absolute Gasteiger partial charge is 0 e. The van der Waals surface area contributed by atoms with Crippen LogP contribution in [0.4, 0.5) is 0 Å². The van der Waals surface area contributed by atoms with Gasteiger partial charge in [-0.05, 0) is 84.3 Å². The van der Waals surface area contributed by atoms with Gasteiger partial charge in [0, 0.05) is 30.5 Å². The Morgan fingerprint density at radius 3 is 2.06 bits per heavy atom. The first-order valence-electron chi connectivity index (χ1n) is 25.0. The maximum absolute atomic E-state index is 7.82. The molecule has 0 saturated heterocycles. The zero-order valence-electron chi connectivity index (χ0n) is 43.9. The van der Waals surface area contributed by atoms with E-state index in [1.165, 1.54) is 76.2 Å². The number of rotatable bonds is 7. The molecule has 0 bridgehead atoms. The molecule has 0 fully saturated rings. The van der Waals surface area contributed by atoms with Gasteiger partial charge in [-0.25, -0.2) is 0 Å². The summed E-state index contributed by atoms with van der Waals surface area (Å²) < 4.78 is 51.5. The standard InChI is InChI=1S/C42H37N2S.C16H20GeN.Ir/c1-24(2)29-22-33(25(3)4)41(34(23-29)26(5)6)44-37-14-10-9-13-36(37)43-42(44)28-16-19-38-35(21-28)40-32-17-15-27-11-7-8-12-30(27)31(32)18-20-39(40)45-38;1-12-6-8-14(9-7-12)16-10-13(2)15(11-18-16)17(3,4)5;/h7-15,17-26H,1-6H3;6-8,10-11H,1-5H3;/q2*-1;/i;1D3,2D3;. The van der Waals surface area contributed by atoms with Crippen molar-refractivity contribution >= 4 is 81.7 Å². The third-order valence-corrected chi connectivity index (χ3v) is 17.6. The Bertz CT molecular complexity index is 3530. The number of thiophene rings is 1. The van der Waals surface area contributed by atoms with Gasteiger partial charge in [0.1, 0.15) is 0 Å². The minimum atomic E-state index is -2.38. The number of pyridine rings is 1. The molecule has 0 unspecified atom stereocenters. The fourth-order valence-corrected chi connectivity index (χ4v) is 12.7. The van der Waals surface area contributed by atoms with Gasteiger partial charge in [0.25, 0.3) is 0 Å². The molecular weight excluding hydrogens is 1040 g/mol. The van der Waals surface area contributed by atoms with E-state index in [0.717, 1.165) is 26.8 Å². The molecule has 0 amide bonds. The van der Waals surface area contributed by atoms with E-state index in [9.17, 15) is 0 Å². The number of hydrogen-bond acceptors (Lipinski definition) is 3. The summed E-state index contributed by atoms with van der Waals surface area (Å²) in [5.74, 6) is 8.51. The van der Waals surface area contributed by atoms with Crippen molar-refractivity contribution in [3.63, 3.8) is 0 Å². The Balaban J connectivity index is 0.000000224. The van der Waals surface area contributed by atoms with Gasteiger partial charge in [0.15, 0.2) is 0 Å². The predicted octanol–water partition coefficient (Wildman–Crippen LogP) is 16.2. The molecular formula is C58H57GeIrN3S-2. The second kappa shape index (κ2) is 18.2. The van der Waals surface area contributed by atoms with Crippen molar-refractivity contribution in [1.29, 1.82) is 0 Å². The van der Waals surface area contributed by atoms with E-state index in [4.69, 9.17) is 13.2 Å². The average Bonchev–Trinajstić information content (AvgIpc) is 3.89. The van der Waals surface area contributed by atoms with Crippen molar-refractivity contribution in [2.45, 2.75) is 90.3 Å². The van der Waals surface area contributed by atoms with Crippen LogP contribution in [0, 0.1) is 25.8 Å². The van der Waals surface area contributed by atoms with Crippen LogP contribution in [0.25, 0.3) is 81.1 Å². The summed E-state index contributed by atoms with van der Waals surface area (Å²) in [5.41, 5.74) is 10.2. The molecule has 0 aliphatic rings. The second-order valence-electron chi connectivity index (χ2n) is 18.7. The molecule has 64 heavy (non-hydrogen) atoms. The van der Waals surface area contributed by atoms with Gasteiger partial charge in [-0.2, -0.15) is 11.3 Å². The van der Waals surface area contributed by atoms with E-state index in [-0.39, 0.29) is 25.7 Å². The Kier molecular flexibility index (Phi) is 10.9. The van der Waals surface area contributed by atoms with Crippen molar-refractivity contribution in [3.8, 4) is 28.3 Å².